The van der Waals surface area contributed by atoms with E-state index in [1.807, 2.05) is 48.7 Å². The maximum absolute atomic E-state index is 12.9. The summed E-state index contributed by atoms with van der Waals surface area (Å²) in [5, 5.41) is 9.22. The fourth-order valence-corrected chi connectivity index (χ4v) is 4.25. The lowest BCUT2D eigenvalue weighted by Gasteiger charge is -2.35. The highest BCUT2D eigenvalue weighted by Crippen LogP contribution is 2.38. The third kappa shape index (κ3) is 4.33. The van der Waals surface area contributed by atoms with Crippen LogP contribution in [0.15, 0.2) is 52.0 Å². The third-order valence-electron chi connectivity index (χ3n) is 5.15. The molecular weight excluding hydrogens is 416 g/mol. The largest absolute Gasteiger partial charge is 0.497 e. The average molecular weight is 441 g/mol. The van der Waals surface area contributed by atoms with Crippen LogP contribution >= 0.6 is 11.3 Å². The van der Waals surface area contributed by atoms with Gasteiger partial charge in [-0.3, -0.25) is 4.90 Å². The molecule has 0 fully saturated rings. The number of allylic oxidation sites excluding steroid dienone is 1. The second-order valence-electron chi connectivity index (χ2n) is 7.06. The van der Waals surface area contributed by atoms with Gasteiger partial charge in [-0.25, -0.2) is 4.79 Å². The van der Waals surface area contributed by atoms with Crippen molar-refractivity contribution in [1.29, 1.82) is 0 Å². The number of benzene rings is 1. The number of carbonyl (C=O) groups is 1. The van der Waals surface area contributed by atoms with E-state index in [0.717, 1.165) is 21.7 Å². The van der Waals surface area contributed by atoms with Gasteiger partial charge in [-0.2, -0.15) is 4.98 Å². The zero-order valence-corrected chi connectivity index (χ0v) is 18.4. The van der Waals surface area contributed by atoms with Gasteiger partial charge in [-0.1, -0.05) is 23.4 Å². The van der Waals surface area contributed by atoms with Crippen molar-refractivity contribution in [3.05, 3.63) is 58.9 Å². The highest BCUT2D eigenvalue weighted by atomic mass is 32.1. The van der Waals surface area contributed by atoms with E-state index in [2.05, 4.69) is 15.5 Å². The zero-order valence-electron chi connectivity index (χ0n) is 17.6. The molecule has 0 saturated carbocycles. The number of aromatic nitrogens is 2. The van der Waals surface area contributed by atoms with Gasteiger partial charge in [0.25, 0.3) is 5.89 Å². The van der Waals surface area contributed by atoms with Crippen molar-refractivity contribution in [3.8, 4) is 16.5 Å². The van der Waals surface area contributed by atoms with Crippen LogP contribution in [0.2, 0.25) is 0 Å². The van der Waals surface area contributed by atoms with E-state index < -0.39 is 6.04 Å². The summed E-state index contributed by atoms with van der Waals surface area (Å²) in [5.41, 5.74) is 2.41. The SMILES string of the molecule is COCCCN1C(=O)NC(c2cccc(OC)c2)C(c2nc(-c3cccs3)no2)=C1C. The first-order valence-electron chi connectivity index (χ1n) is 9.92. The van der Waals surface area contributed by atoms with Crippen LogP contribution in [0, 0.1) is 0 Å². The van der Waals surface area contributed by atoms with Gasteiger partial charge in [0.15, 0.2) is 0 Å². The quantitative estimate of drug-likeness (QED) is 0.524. The van der Waals surface area contributed by atoms with Crippen LogP contribution in [-0.4, -0.2) is 48.4 Å². The molecule has 1 aliphatic rings. The summed E-state index contributed by atoms with van der Waals surface area (Å²) in [4.78, 5) is 20.2. The first-order chi connectivity index (χ1) is 15.1. The highest BCUT2D eigenvalue weighted by molar-refractivity contribution is 7.13. The van der Waals surface area contributed by atoms with Gasteiger partial charge in [-0.05, 0) is 42.5 Å². The molecule has 3 aromatic rings. The molecule has 2 amide bonds. The lowest BCUT2D eigenvalue weighted by Crippen LogP contribution is -2.46. The van der Waals surface area contributed by atoms with Gasteiger partial charge in [0.05, 0.1) is 23.6 Å². The first kappa shape index (κ1) is 21.1. The van der Waals surface area contributed by atoms with Crippen LogP contribution in [0.4, 0.5) is 4.79 Å². The molecule has 0 radical (unpaired) electrons. The lowest BCUT2D eigenvalue weighted by molar-refractivity contribution is 0.174. The minimum atomic E-state index is -0.446. The van der Waals surface area contributed by atoms with Crippen LogP contribution in [0.5, 0.6) is 5.75 Å². The molecule has 0 spiro atoms. The summed E-state index contributed by atoms with van der Waals surface area (Å²) >= 11 is 1.54. The molecular formula is C22H24N4O4S. The van der Waals surface area contributed by atoms with Gasteiger partial charge in [0, 0.05) is 26.0 Å². The average Bonchev–Trinajstić information content (AvgIpc) is 3.48. The van der Waals surface area contributed by atoms with Crippen molar-refractivity contribution < 1.29 is 18.8 Å². The van der Waals surface area contributed by atoms with Crippen molar-refractivity contribution in [3.63, 3.8) is 0 Å². The normalized spacial score (nSPS) is 16.5. The standard InChI is InChI=1S/C22H24N4O4S/c1-14-18(21-24-20(25-30-21)17-9-5-12-31-17)19(15-7-4-8-16(13-15)29-3)23-22(27)26(14)10-6-11-28-2/h4-5,7-9,12-13,19H,6,10-11H2,1-3H3,(H,23,27). The molecule has 1 aliphatic heterocycles. The Labute approximate surface area is 184 Å². The van der Waals surface area contributed by atoms with Crippen molar-refractivity contribution in [2.75, 3.05) is 27.4 Å². The van der Waals surface area contributed by atoms with Crippen molar-refractivity contribution in [1.82, 2.24) is 20.4 Å². The number of nitrogens with zero attached hydrogens (tertiary/aromatic N) is 3. The third-order valence-corrected chi connectivity index (χ3v) is 6.02. The summed E-state index contributed by atoms with van der Waals surface area (Å²) in [5.74, 6) is 1.61. The van der Waals surface area contributed by atoms with Crippen molar-refractivity contribution in [2.24, 2.45) is 0 Å². The fourth-order valence-electron chi connectivity index (χ4n) is 3.60. The van der Waals surface area contributed by atoms with Crippen molar-refractivity contribution >= 4 is 22.9 Å². The molecule has 1 aromatic carbocycles. The van der Waals surface area contributed by atoms with E-state index in [4.69, 9.17) is 14.0 Å². The Hall–Kier alpha value is -3.17. The summed E-state index contributed by atoms with van der Waals surface area (Å²) in [6, 6.07) is 10.9. The van der Waals surface area contributed by atoms with Gasteiger partial charge in [0.1, 0.15) is 5.75 Å². The number of ether oxygens (including phenoxy) is 2. The first-order valence-corrected chi connectivity index (χ1v) is 10.8. The van der Waals surface area contributed by atoms with Crippen LogP contribution in [0.1, 0.15) is 30.8 Å². The molecule has 2 aromatic heterocycles. The monoisotopic (exact) mass is 440 g/mol. The minimum Gasteiger partial charge on any atom is -0.497 e. The second kappa shape index (κ2) is 9.32. The van der Waals surface area contributed by atoms with E-state index in [1.54, 1.807) is 30.5 Å². The van der Waals surface area contributed by atoms with Crippen molar-refractivity contribution in [2.45, 2.75) is 19.4 Å². The topological polar surface area (TPSA) is 89.7 Å². The Morgan fingerprint density at radius 1 is 1.26 bits per heavy atom. The Bertz CT molecular complexity index is 1080. The molecule has 3 heterocycles. The zero-order chi connectivity index (χ0) is 21.8. The molecule has 0 bridgehead atoms. The molecule has 1 unspecified atom stereocenters. The molecule has 31 heavy (non-hydrogen) atoms. The van der Waals surface area contributed by atoms with E-state index >= 15 is 0 Å². The van der Waals surface area contributed by atoms with Gasteiger partial charge >= 0.3 is 6.03 Å². The van der Waals surface area contributed by atoms with Crippen LogP contribution in [-0.2, 0) is 4.74 Å². The van der Waals surface area contributed by atoms with E-state index in [1.165, 1.54) is 0 Å². The van der Waals surface area contributed by atoms with Gasteiger partial charge in [-0.15, -0.1) is 11.3 Å². The molecule has 9 heteroatoms. The predicted molar refractivity (Wildman–Crippen MR) is 118 cm³/mol. The molecule has 4 rings (SSSR count). The second-order valence-corrected chi connectivity index (χ2v) is 8.00. The summed E-state index contributed by atoms with van der Waals surface area (Å²) in [6.07, 6.45) is 0.711. The summed E-state index contributed by atoms with van der Waals surface area (Å²) in [6.45, 7) is 2.99. The fraction of sp³-hybridized carbons (Fsp3) is 0.318. The molecule has 1 atom stereocenters. The Morgan fingerprint density at radius 3 is 2.87 bits per heavy atom. The number of nitrogens with one attached hydrogen (secondary N) is 1. The van der Waals surface area contributed by atoms with Gasteiger partial charge in [0.2, 0.25) is 5.82 Å². The number of hydrogen-bond donors (Lipinski definition) is 1. The number of carbonyl (C=O) groups excluding carboxylic acids is 1. The van der Waals surface area contributed by atoms with Gasteiger partial charge < -0.3 is 19.3 Å². The Morgan fingerprint density at radius 2 is 2.13 bits per heavy atom. The maximum Gasteiger partial charge on any atom is 0.322 e. The number of thiophene rings is 1. The van der Waals surface area contributed by atoms with Crippen LogP contribution < -0.4 is 10.1 Å². The molecule has 0 saturated heterocycles. The molecule has 0 aliphatic carbocycles. The number of amides is 2. The Balaban J connectivity index is 1.77. The highest BCUT2D eigenvalue weighted by Gasteiger charge is 2.35. The van der Waals surface area contributed by atoms with Crippen LogP contribution in [0.25, 0.3) is 16.3 Å². The molecule has 8 nitrogen and oxygen atoms in total. The molecule has 1 N–H and O–H groups in total. The smallest absolute Gasteiger partial charge is 0.322 e. The molecule has 162 valence electrons. The number of urea groups is 1. The summed E-state index contributed by atoms with van der Waals surface area (Å²) in [7, 11) is 3.26. The predicted octanol–water partition coefficient (Wildman–Crippen LogP) is 4.34. The lowest BCUT2D eigenvalue weighted by atomic mass is 9.94. The van der Waals surface area contributed by atoms with E-state index in [9.17, 15) is 4.79 Å². The summed E-state index contributed by atoms with van der Waals surface area (Å²) < 4.78 is 16.2. The van der Waals surface area contributed by atoms with Crippen LogP contribution in [0.3, 0.4) is 0 Å². The Kier molecular flexibility index (Phi) is 6.34. The number of methoxy groups -OCH3 is 2. The van der Waals surface area contributed by atoms with E-state index in [-0.39, 0.29) is 6.03 Å². The minimum absolute atomic E-state index is 0.178. The number of hydrogen-bond acceptors (Lipinski definition) is 7. The number of rotatable bonds is 8. The van der Waals surface area contributed by atoms with E-state index in [0.29, 0.717) is 37.0 Å². The maximum atomic E-state index is 12.9.